The molecule has 0 spiro atoms. The van der Waals surface area contributed by atoms with Gasteiger partial charge in [-0.25, -0.2) is 18.1 Å². The molecule has 110 valence electrons. The van der Waals surface area contributed by atoms with Crippen LogP contribution in [0.25, 0.3) is 0 Å². The van der Waals surface area contributed by atoms with E-state index in [1.165, 1.54) is 30.7 Å². The van der Waals surface area contributed by atoms with Crippen LogP contribution in [0.15, 0.2) is 33.3 Å². The van der Waals surface area contributed by atoms with E-state index in [-0.39, 0.29) is 10.7 Å². The van der Waals surface area contributed by atoms with Gasteiger partial charge < -0.3 is 5.73 Å². The van der Waals surface area contributed by atoms with E-state index in [9.17, 15) is 8.42 Å². The second kappa shape index (κ2) is 6.69. The Labute approximate surface area is 127 Å². The first-order valence-electron chi connectivity index (χ1n) is 6.57. The molecule has 1 aromatic rings. The summed E-state index contributed by atoms with van der Waals surface area (Å²) in [6.07, 6.45) is 9.04. The number of rotatable bonds is 5. The molecule has 5 nitrogen and oxygen atoms in total. The zero-order valence-electron chi connectivity index (χ0n) is 11.1. The fourth-order valence-corrected chi connectivity index (χ4v) is 3.82. The molecule has 3 N–H and O–H groups in total. The van der Waals surface area contributed by atoms with E-state index in [0.29, 0.717) is 11.0 Å². The molecule has 0 fully saturated rings. The van der Waals surface area contributed by atoms with Gasteiger partial charge in [0, 0.05) is 17.2 Å². The van der Waals surface area contributed by atoms with Crippen LogP contribution in [-0.2, 0) is 10.0 Å². The van der Waals surface area contributed by atoms with E-state index >= 15 is 0 Å². The maximum atomic E-state index is 12.2. The van der Waals surface area contributed by atoms with Crippen molar-refractivity contribution < 1.29 is 8.42 Å². The Hall–Kier alpha value is -0.920. The SMILES string of the molecule is Nc1ncc(Br)cc1S(=O)(=O)NCCC1=CCCCC1. The van der Waals surface area contributed by atoms with Gasteiger partial charge in [-0.15, -0.1) is 0 Å². The number of sulfonamides is 1. The van der Waals surface area contributed by atoms with Crippen molar-refractivity contribution in [3.63, 3.8) is 0 Å². The minimum atomic E-state index is -3.61. The molecule has 0 aromatic carbocycles. The van der Waals surface area contributed by atoms with Crippen molar-refractivity contribution in [1.29, 1.82) is 0 Å². The fraction of sp³-hybridized carbons (Fsp3) is 0.462. The van der Waals surface area contributed by atoms with Crippen molar-refractivity contribution in [2.45, 2.75) is 37.0 Å². The summed E-state index contributed by atoms with van der Waals surface area (Å²) in [6.45, 7) is 0.389. The predicted molar refractivity (Wildman–Crippen MR) is 82.7 cm³/mol. The second-order valence-electron chi connectivity index (χ2n) is 4.79. The van der Waals surface area contributed by atoms with Crippen LogP contribution in [0.5, 0.6) is 0 Å². The number of hydrogen-bond donors (Lipinski definition) is 2. The number of nitrogens with zero attached hydrogens (tertiary/aromatic N) is 1. The number of nitrogens with two attached hydrogens (primary N) is 1. The average Bonchev–Trinajstić information content (AvgIpc) is 2.42. The van der Waals surface area contributed by atoms with Crippen LogP contribution in [0.1, 0.15) is 32.1 Å². The lowest BCUT2D eigenvalue weighted by Crippen LogP contribution is -2.26. The zero-order valence-corrected chi connectivity index (χ0v) is 13.5. The van der Waals surface area contributed by atoms with Crippen LogP contribution in [0.2, 0.25) is 0 Å². The first-order valence-corrected chi connectivity index (χ1v) is 8.85. The van der Waals surface area contributed by atoms with E-state index in [0.717, 1.165) is 19.3 Å². The van der Waals surface area contributed by atoms with Crippen LogP contribution >= 0.6 is 15.9 Å². The molecule has 7 heteroatoms. The standard InChI is InChI=1S/C13H18BrN3O2S/c14-11-8-12(13(15)16-9-11)20(18,19)17-7-6-10-4-2-1-3-5-10/h4,8-9,17H,1-3,5-7H2,(H2,15,16). The maximum Gasteiger partial charge on any atom is 0.244 e. The minimum Gasteiger partial charge on any atom is -0.383 e. The number of anilines is 1. The number of allylic oxidation sites excluding steroid dienone is 1. The van der Waals surface area contributed by atoms with E-state index < -0.39 is 10.0 Å². The van der Waals surface area contributed by atoms with Crippen molar-refractivity contribution in [3.8, 4) is 0 Å². The van der Waals surface area contributed by atoms with Crippen LogP contribution in [-0.4, -0.2) is 19.9 Å². The molecule has 0 bridgehead atoms. The van der Waals surface area contributed by atoms with Crippen LogP contribution in [0, 0.1) is 0 Å². The smallest absolute Gasteiger partial charge is 0.244 e. The third-order valence-electron chi connectivity index (χ3n) is 3.26. The van der Waals surface area contributed by atoms with Gasteiger partial charge in [0.2, 0.25) is 10.0 Å². The monoisotopic (exact) mass is 359 g/mol. The molecule has 0 atom stereocenters. The van der Waals surface area contributed by atoms with E-state index in [1.54, 1.807) is 0 Å². The predicted octanol–water partition coefficient (Wildman–Crippen LogP) is 2.60. The highest BCUT2D eigenvalue weighted by Crippen LogP contribution is 2.22. The molecule has 0 saturated heterocycles. The molecule has 20 heavy (non-hydrogen) atoms. The summed E-state index contributed by atoms with van der Waals surface area (Å²) in [5.41, 5.74) is 6.96. The summed E-state index contributed by atoms with van der Waals surface area (Å²) < 4.78 is 27.5. The van der Waals surface area contributed by atoms with Crippen molar-refractivity contribution in [1.82, 2.24) is 9.71 Å². The third kappa shape index (κ3) is 4.04. The van der Waals surface area contributed by atoms with Gasteiger partial charge in [0.25, 0.3) is 0 Å². The summed E-state index contributed by atoms with van der Waals surface area (Å²) in [5.74, 6) is 0.0116. The van der Waals surface area contributed by atoms with Crippen molar-refractivity contribution in [3.05, 3.63) is 28.4 Å². The number of halogens is 1. The molecule has 2 rings (SSSR count). The highest BCUT2D eigenvalue weighted by molar-refractivity contribution is 9.10. The van der Waals surface area contributed by atoms with Crippen LogP contribution < -0.4 is 10.5 Å². The molecule has 0 radical (unpaired) electrons. The number of hydrogen-bond acceptors (Lipinski definition) is 4. The number of pyridine rings is 1. The summed E-state index contributed by atoms with van der Waals surface area (Å²) in [5, 5.41) is 0. The highest BCUT2D eigenvalue weighted by atomic mass is 79.9. The Morgan fingerprint density at radius 2 is 2.20 bits per heavy atom. The maximum absolute atomic E-state index is 12.2. The van der Waals surface area contributed by atoms with Gasteiger partial charge in [-0.05, 0) is 54.1 Å². The number of aromatic nitrogens is 1. The molecule has 0 saturated carbocycles. The van der Waals surface area contributed by atoms with E-state index in [1.807, 2.05) is 0 Å². The lowest BCUT2D eigenvalue weighted by atomic mass is 9.97. The summed E-state index contributed by atoms with van der Waals surface area (Å²) in [7, 11) is -3.61. The Morgan fingerprint density at radius 1 is 1.40 bits per heavy atom. The molecule has 1 aromatic heterocycles. The molecule has 1 heterocycles. The fourth-order valence-electron chi connectivity index (χ4n) is 2.20. The van der Waals surface area contributed by atoms with Gasteiger partial charge in [0.15, 0.2) is 0 Å². The Bertz CT molecular complexity index is 614. The second-order valence-corrected chi connectivity index (χ2v) is 7.44. The lowest BCUT2D eigenvalue weighted by Gasteiger charge is -2.13. The quantitative estimate of drug-likeness (QED) is 0.791. The van der Waals surface area contributed by atoms with Crippen LogP contribution in [0.4, 0.5) is 5.82 Å². The van der Waals surface area contributed by atoms with Crippen molar-refractivity contribution in [2.24, 2.45) is 0 Å². The molecule has 0 unspecified atom stereocenters. The first-order chi connectivity index (χ1) is 9.49. The number of nitrogen functional groups attached to an aromatic ring is 1. The van der Waals surface area contributed by atoms with Gasteiger partial charge in [-0.1, -0.05) is 11.6 Å². The highest BCUT2D eigenvalue weighted by Gasteiger charge is 2.18. The average molecular weight is 360 g/mol. The summed E-state index contributed by atoms with van der Waals surface area (Å²) in [4.78, 5) is 3.86. The van der Waals surface area contributed by atoms with Crippen molar-refractivity contribution >= 4 is 31.8 Å². The van der Waals surface area contributed by atoms with Crippen LogP contribution in [0.3, 0.4) is 0 Å². The Kier molecular flexibility index (Phi) is 5.17. The zero-order chi connectivity index (χ0) is 14.6. The minimum absolute atomic E-state index is 0.0116. The van der Waals surface area contributed by atoms with Gasteiger partial charge in [0.1, 0.15) is 10.7 Å². The van der Waals surface area contributed by atoms with E-state index in [4.69, 9.17) is 5.73 Å². The molecule has 0 aliphatic heterocycles. The largest absolute Gasteiger partial charge is 0.383 e. The Balaban J connectivity index is 2.00. The summed E-state index contributed by atoms with van der Waals surface area (Å²) >= 11 is 3.20. The first kappa shape index (κ1) is 15.5. The lowest BCUT2D eigenvalue weighted by molar-refractivity contribution is 0.579. The van der Waals surface area contributed by atoms with Gasteiger partial charge in [-0.3, -0.25) is 0 Å². The normalized spacial score (nSPS) is 15.9. The molecule has 1 aliphatic carbocycles. The van der Waals surface area contributed by atoms with Gasteiger partial charge in [0.05, 0.1) is 0 Å². The molecule has 1 aliphatic rings. The van der Waals surface area contributed by atoms with Crippen molar-refractivity contribution in [2.75, 3.05) is 12.3 Å². The third-order valence-corrected chi connectivity index (χ3v) is 5.18. The topological polar surface area (TPSA) is 85.1 Å². The number of nitrogens with one attached hydrogen (secondary N) is 1. The Morgan fingerprint density at radius 3 is 2.90 bits per heavy atom. The summed E-state index contributed by atoms with van der Waals surface area (Å²) in [6, 6.07) is 1.46. The van der Waals surface area contributed by atoms with Gasteiger partial charge >= 0.3 is 0 Å². The molecular formula is C13H18BrN3O2S. The molecule has 0 amide bonds. The molecular weight excluding hydrogens is 342 g/mol. The van der Waals surface area contributed by atoms with E-state index in [2.05, 4.69) is 31.7 Å². The van der Waals surface area contributed by atoms with Gasteiger partial charge in [-0.2, -0.15) is 0 Å².